The lowest BCUT2D eigenvalue weighted by atomic mass is 9.93. The van der Waals surface area contributed by atoms with Gasteiger partial charge in [-0.15, -0.1) is 0 Å². The Morgan fingerprint density at radius 2 is 2.11 bits per heavy atom. The molecule has 5 nitrogen and oxygen atoms in total. The molecule has 1 aliphatic rings. The number of hydrogen-bond acceptors (Lipinski definition) is 2. The average molecular weight is 262 g/mol. The van der Waals surface area contributed by atoms with Crippen molar-refractivity contribution in [3.8, 4) is 0 Å². The third kappa shape index (κ3) is 2.41. The fourth-order valence-corrected chi connectivity index (χ4v) is 2.39. The zero-order chi connectivity index (χ0) is 14.0. The van der Waals surface area contributed by atoms with Crippen LogP contribution in [0.1, 0.15) is 24.1 Å². The summed E-state index contributed by atoms with van der Waals surface area (Å²) in [6, 6.07) is 6.31. The molecule has 1 aliphatic heterocycles. The van der Waals surface area contributed by atoms with E-state index in [2.05, 4.69) is 0 Å². The topological polar surface area (TPSA) is 60.9 Å². The SMILES string of the molecule is CCN(C)C(=O)N1CCc2ccccc2C1C(=O)O. The maximum absolute atomic E-state index is 12.2. The molecule has 0 radical (unpaired) electrons. The molecule has 1 aromatic carbocycles. The molecule has 0 aliphatic carbocycles. The van der Waals surface area contributed by atoms with Gasteiger partial charge in [0.15, 0.2) is 6.04 Å². The molecular weight excluding hydrogens is 244 g/mol. The number of carboxylic acids is 1. The zero-order valence-corrected chi connectivity index (χ0v) is 11.2. The van der Waals surface area contributed by atoms with Gasteiger partial charge in [0.05, 0.1) is 0 Å². The van der Waals surface area contributed by atoms with Crippen molar-refractivity contribution in [3.63, 3.8) is 0 Å². The Kier molecular flexibility index (Phi) is 3.74. The lowest BCUT2D eigenvalue weighted by Crippen LogP contribution is -2.48. The van der Waals surface area contributed by atoms with E-state index in [1.54, 1.807) is 13.1 Å². The van der Waals surface area contributed by atoms with Crippen molar-refractivity contribution >= 4 is 12.0 Å². The van der Waals surface area contributed by atoms with Gasteiger partial charge < -0.3 is 14.9 Å². The molecule has 0 saturated carbocycles. The lowest BCUT2D eigenvalue weighted by molar-refractivity contribution is -0.143. The number of carboxylic acid groups (broad SMARTS) is 1. The van der Waals surface area contributed by atoms with Crippen LogP contribution in [-0.2, 0) is 11.2 Å². The molecule has 2 rings (SSSR count). The molecule has 1 aromatic rings. The summed E-state index contributed by atoms with van der Waals surface area (Å²) in [6.45, 7) is 2.87. The third-order valence-electron chi connectivity index (χ3n) is 3.56. The Morgan fingerprint density at radius 3 is 2.74 bits per heavy atom. The summed E-state index contributed by atoms with van der Waals surface area (Å²) >= 11 is 0. The molecule has 19 heavy (non-hydrogen) atoms. The molecule has 0 saturated heterocycles. The number of rotatable bonds is 2. The second-order valence-electron chi connectivity index (χ2n) is 4.68. The minimum Gasteiger partial charge on any atom is -0.479 e. The minimum atomic E-state index is -0.981. The molecule has 1 N–H and O–H groups in total. The highest BCUT2D eigenvalue weighted by Crippen LogP contribution is 2.30. The highest BCUT2D eigenvalue weighted by atomic mass is 16.4. The van der Waals surface area contributed by atoms with Gasteiger partial charge in [-0.2, -0.15) is 0 Å². The van der Waals surface area contributed by atoms with E-state index in [1.165, 1.54) is 9.80 Å². The minimum absolute atomic E-state index is 0.232. The Bertz CT molecular complexity index is 501. The van der Waals surface area contributed by atoms with Crippen LogP contribution < -0.4 is 0 Å². The molecule has 0 aromatic heterocycles. The maximum atomic E-state index is 12.2. The molecule has 1 atom stereocenters. The van der Waals surface area contributed by atoms with E-state index in [0.29, 0.717) is 19.5 Å². The summed E-state index contributed by atoms with van der Waals surface area (Å²) in [4.78, 5) is 26.7. The van der Waals surface area contributed by atoms with Crippen molar-refractivity contribution in [3.05, 3.63) is 35.4 Å². The van der Waals surface area contributed by atoms with Crippen LogP contribution >= 0.6 is 0 Å². The van der Waals surface area contributed by atoms with Crippen LogP contribution in [0.15, 0.2) is 24.3 Å². The molecule has 0 spiro atoms. The van der Waals surface area contributed by atoms with E-state index in [9.17, 15) is 14.7 Å². The first kappa shape index (κ1) is 13.4. The molecule has 2 amide bonds. The van der Waals surface area contributed by atoms with Crippen molar-refractivity contribution in [2.45, 2.75) is 19.4 Å². The summed E-state index contributed by atoms with van der Waals surface area (Å²) in [7, 11) is 1.68. The normalized spacial score (nSPS) is 17.8. The first-order chi connectivity index (χ1) is 9.06. The van der Waals surface area contributed by atoms with E-state index >= 15 is 0 Å². The van der Waals surface area contributed by atoms with E-state index < -0.39 is 12.0 Å². The van der Waals surface area contributed by atoms with E-state index in [0.717, 1.165) is 11.1 Å². The van der Waals surface area contributed by atoms with Crippen LogP contribution in [0.3, 0.4) is 0 Å². The standard InChI is InChI=1S/C14H18N2O3/c1-3-15(2)14(19)16-9-8-10-6-4-5-7-11(10)12(16)13(17)18/h4-7,12H,3,8-9H2,1-2H3,(H,17,18). The van der Waals surface area contributed by atoms with Gasteiger partial charge in [0.1, 0.15) is 0 Å². The van der Waals surface area contributed by atoms with Crippen LogP contribution in [0.25, 0.3) is 0 Å². The molecule has 0 fully saturated rings. The molecule has 1 unspecified atom stereocenters. The predicted molar refractivity (Wildman–Crippen MR) is 70.9 cm³/mol. The molecule has 1 heterocycles. The molecule has 102 valence electrons. The van der Waals surface area contributed by atoms with Gasteiger partial charge in [0.2, 0.25) is 0 Å². The van der Waals surface area contributed by atoms with Crippen LogP contribution in [0, 0.1) is 0 Å². The number of nitrogens with zero attached hydrogens (tertiary/aromatic N) is 2. The van der Waals surface area contributed by atoms with Crippen LogP contribution in [-0.4, -0.2) is 47.0 Å². The van der Waals surface area contributed by atoms with Crippen LogP contribution in [0.2, 0.25) is 0 Å². The van der Waals surface area contributed by atoms with E-state index in [1.807, 2.05) is 25.1 Å². The predicted octanol–water partition coefficient (Wildman–Crippen LogP) is 1.74. The molecule has 0 bridgehead atoms. The van der Waals surface area contributed by atoms with Gasteiger partial charge in [0.25, 0.3) is 0 Å². The number of carbonyl (C=O) groups is 2. The Hall–Kier alpha value is -2.04. The largest absolute Gasteiger partial charge is 0.479 e. The second kappa shape index (κ2) is 5.30. The van der Waals surface area contributed by atoms with Crippen LogP contribution in [0.5, 0.6) is 0 Å². The number of fused-ring (bicyclic) bond motifs is 1. The monoisotopic (exact) mass is 262 g/mol. The lowest BCUT2D eigenvalue weighted by Gasteiger charge is -2.36. The van der Waals surface area contributed by atoms with Gasteiger partial charge in [0, 0.05) is 20.1 Å². The van der Waals surface area contributed by atoms with Gasteiger partial charge in [-0.05, 0) is 24.5 Å². The molecular formula is C14H18N2O3. The second-order valence-corrected chi connectivity index (χ2v) is 4.68. The quantitative estimate of drug-likeness (QED) is 0.883. The summed E-state index contributed by atoms with van der Waals surface area (Å²) < 4.78 is 0. The fourth-order valence-electron chi connectivity index (χ4n) is 2.39. The fraction of sp³-hybridized carbons (Fsp3) is 0.429. The number of hydrogen-bond donors (Lipinski definition) is 1. The van der Waals surface area contributed by atoms with Crippen LogP contribution in [0.4, 0.5) is 4.79 Å². The highest BCUT2D eigenvalue weighted by molar-refractivity contribution is 5.84. The smallest absolute Gasteiger partial charge is 0.331 e. The Morgan fingerprint density at radius 1 is 1.42 bits per heavy atom. The van der Waals surface area contributed by atoms with Gasteiger partial charge in [-0.25, -0.2) is 9.59 Å². The first-order valence-corrected chi connectivity index (χ1v) is 6.38. The van der Waals surface area contributed by atoms with Gasteiger partial charge in [-0.3, -0.25) is 0 Å². The number of aliphatic carboxylic acids is 1. The van der Waals surface area contributed by atoms with E-state index in [4.69, 9.17) is 0 Å². The van der Waals surface area contributed by atoms with Gasteiger partial charge >= 0.3 is 12.0 Å². The Labute approximate surface area is 112 Å². The van der Waals surface area contributed by atoms with Crippen molar-refractivity contribution in [2.24, 2.45) is 0 Å². The van der Waals surface area contributed by atoms with Crippen molar-refractivity contribution in [1.29, 1.82) is 0 Å². The number of carbonyl (C=O) groups excluding carboxylic acids is 1. The number of benzene rings is 1. The van der Waals surface area contributed by atoms with Gasteiger partial charge in [-0.1, -0.05) is 24.3 Å². The van der Waals surface area contributed by atoms with Crippen molar-refractivity contribution in [2.75, 3.05) is 20.1 Å². The van der Waals surface area contributed by atoms with Crippen molar-refractivity contribution in [1.82, 2.24) is 9.80 Å². The van der Waals surface area contributed by atoms with E-state index in [-0.39, 0.29) is 6.03 Å². The number of amides is 2. The Balaban J connectivity index is 2.37. The third-order valence-corrected chi connectivity index (χ3v) is 3.56. The summed E-state index contributed by atoms with van der Waals surface area (Å²) in [5.74, 6) is -0.981. The summed E-state index contributed by atoms with van der Waals surface area (Å²) in [5, 5.41) is 9.45. The first-order valence-electron chi connectivity index (χ1n) is 6.38. The zero-order valence-electron chi connectivity index (χ0n) is 11.2. The average Bonchev–Trinajstić information content (AvgIpc) is 2.44. The number of urea groups is 1. The summed E-state index contributed by atoms with van der Waals surface area (Å²) in [5.41, 5.74) is 1.73. The summed E-state index contributed by atoms with van der Waals surface area (Å²) in [6.07, 6.45) is 0.698. The highest BCUT2D eigenvalue weighted by Gasteiger charge is 2.36. The molecule has 5 heteroatoms. The van der Waals surface area contributed by atoms with Crippen molar-refractivity contribution < 1.29 is 14.7 Å². The maximum Gasteiger partial charge on any atom is 0.331 e.